The van der Waals surface area contributed by atoms with Gasteiger partial charge >= 0.3 is 0 Å². The topological polar surface area (TPSA) is 90.3 Å². The first-order valence-corrected chi connectivity index (χ1v) is 14.5. The molecule has 0 aliphatic carbocycles. The van der Waals surface area contributed by atoms with Crippen molar-refractivity contribution in [1.29, 1.82) is 0 Å². The van der Waals surface area contributed by atoms with Crippen LogP contribution in [-0.4, -0.2) is 30.5 Å². The molecule has 0 saturated carbocycles. The number of halogens is 2. The van der Waals surface area contributed by atoms with Crippen LogP contribution in [0.15, 0.2) is 59.5 Å². The van der Waals surface area contributed by atoms with Crippen LogP contribution in [0.25, 0.3) is 12.2 Å². The van der Waals surface area contributed by atoms with Crippen LogP contribution in [0.4, 0.5) is 0 Å². The van der Waals surface area contributed by atoms with Gasteiger partial charge in [-0.15, -0.1) is 0 Å². The largest absolute Gasteiger partial charge is 0.494 e. The molecule has 202 valence electrons. The lowest BCUT2D eigenvalue weighted by Crippen LogP contribution is -2.29. The number of rotatable bonds is 12. The van der Waals surface area contributed by atoms with Crippen LogP contribution in [0.3, 0.4) is 0 Å². The molecule has 10 heteroatoms. The molecule has 3 aromatic rings. The minimum Gasteiger partial charge on any atom is -0.494 e. The molecule has 1 heterocycles. The maximum atomic E-state index is 12.7. The van der Waals surface area contributed by atoms with Crippen LogP contribution < -0.4 is 9.46 Å². The number of benzene rings is 2. The highest BCUT2D eigenvalue weighted by Crippen LogP contribution is 2.27. The van der Waals surface area contributed by atoms with E-state index in [-0.39, 0.29) is 10.7 Å². The number of unbranched alkanes of at least 4 members (excludes halogenated alkanes) is 2. The second kappa shape index (κ2) is 13.6. The molecule has 0 bridgehead atoms. The molecule has 1 N–H and O–H groups in total. The number of aromatic nitrogens is 2. The zero-order chi connectivity index (χ0) is 27.7. The van der Waals surface area contributed by atoms with E-state index in [0.29, 0.717) is 41.0 Å². The molecule has 7 nitrogen and oxygen atoms in total. The van der Waals surface area contributed by atoms with E-state index in [1.807, 2.05) is 22.8 Å². The highest BCUT2D eigenvalue weighted by Gasteiger charge is 2.17. The Labute approximate surface area is 234 Å². The molecule has 0 aliphatic rings. The number of carbonyl (C=O) groups is 1. The zero-order valence-corrected chi connectivity index (χ0v) is 23.9. The third-order valence-corrected chi connectivity index (χ3v) is 7.30. The van der Waals surface area contributed by atoms with Crippen LogP contribution in [0.1, 0.15) is 55.8 Å². The fourth-order valence-electron chi connectivity index (χ4n) is 3.59. The average Bonchev–Trinajstić information content (AvgIpc) is 3.14. The molecule has 38 heavy (non-hydrogen) atoms. The molecule has 1 aromatic heterocycles. The molecule has 0 atom stereocenters. The SMILES string of the molecule is CCCCCOc1ccc(Cn2c(C)nc(Cl)c2/C=C(\C)C(=O)NS(=O)(=O)/C=C/c2ccccc2)c(Cl)c1. The van der Waals surface area contributed by atoms with Crippen molar-refractivity contribution in [3.05, 3.63) is 92.3 Å². The molecule has 0 radical (unpaired) electrons. The van der Waals surface area contributed by atoms with Gasteiger partial charge in [-0.3, -0.25) is 4.79 Å². The first-order chi connectivity index (χ1) is 18.1. The van der Waals surface area contributed by atoms with Crippen LogP contribution in [-0.2, 0) is 21.4 Å². The Kier molecular flexibility index (Phi) is 10.6. The fourth-order valence-corrected chi connectivity index (χ4v) is 4.92. The Morgan fingerprint density at radius 3 is 2.55 bits per heavy atom. The van der Waals surface area contributed by atoms with Crippen molar-refractivity contribution in [2.45, 2.75) is 46.6 Å². The number of hydrogen-bond acceptors (Lipinski definition) is 5. The number of nitrogens with one attached hydrogen (secondary N) is 1. The summed E-state index contributed by atoms with van der Waals surface area (Å²) < 4.78 is 34.4. The maximum absolute atomic E-state index is 12.7. The standard InChI is InChI=1S/C28H31Cl2N3O4S/c1-4-5-9-15-37-24-13-12-23(25(29)18-24)19-33-21(3)31-27(30)26(33)17-20(2)28(34)32-38(35,36)16-14-22-10-7-6-8-11-22/h6-8,10-14,16-18H,4-5,9,15,19H2,1-3H3,(H,32,34)/b16-14+,20-17+. The minimum absolute atomic E-state index is 0.145. The maximum Gasteiger partial charge on any atom is 0.260 e. The molecule has 0 unspecified atom stereocenters. The second-order valence-corrected chi connectivity index (χ2v) is 11.1. The summed E-state index contributed by atoms with van der Waals surface area (Å²) in [5.74, 6) is 0.543. The van der Waals surface area contributed by atoms with Crippen molar-refractivity contribution in [3.8, 4) is 5.75 Å². The minimum atomic E-state index is -4.01. The van der Waals surface area contributed by atoms with Gasteiger partial charge in [0.25, 0.3) is 15.9 Å². The summed E-state index contributed by atoms with van der Waals surface area (Å²) in [5, 5.41) is 1.67. The highest BCUT2D eigenvalue weighted by molar-refractivity contribution is 7.93. The summed E-state index contributed by atoms with van der Waals surface area (Å²) in [5.41, 5.74) is 2.12. The monoisotopic (exact) mass is 575 g/mol. The number of imidazole rings is 1. The zero-order valence-electron chi connectivity index (χ0n) is 21.6. The number of carbonyl (C=O) groups excluding carboxylic acids is 1. The van der Waals surface area contributed by atoms with E-state index >= 15 is 0 Å². The van der Waals surface area contributed by atoms with Gasteiger partial charge in [0.15, 0.2) is 5.15 Å². The summed E-state index contributed by atoms with van der Waals surface area (Å²) in [6.07, 6.45) is 6.13. The fraction of sp³-hybridized carbons (Fsp3) is 0.286. The molecule has 2 aromatic carbocycles. The molecule has 0 fully saturated rings. The van der Waals surface area contributed by atoms with Gasteiger partial charge in [-0.1, -0.05) is 79.4 Å². The second-order valence-electron chi connectivity index (χ2n) is 8.75. The predicted molar refractivity (Wildman–Crippen MR) is 154 cm³/mol. The molecule has 0 spiro atoms. The van der Waals surface area contributed by atoms with E-state index in [9.17, 15) is 13.2 Å². The Balaban J connectivity index is 1.75. The number of aryl methyl sites for hydroxylation is 1. The van der Waals surface area contributed by atoms with Crippen LogP contribution in [0, 0.1) is 6.92 Å². The van der Waals surface area contributed by atoms with E-state index in [1.54, 1.807) is 37.3 Å². The number of amides is 1. The molecule has 1 amide bonds. The van der Waals surface area contributed by atoms with Gasteiger partial charge in [-0.2, -0.15) is 0 Å². The Hall–Kier alpha value is -3.07. The van der Waals surface area contributed by atoms with Crippen LogP contribution in [0.5, 0.6) is 5.75 Å². The predicted octanol–water partition coefficient (Wildman–Crippen LogP) is 6.64. The third kappa shape index (κ3) is 8.48. The van der Waals surface area contributed by atoms with E-state index in [1.165, 1.54) is 19.1 Å². The summed E-state index contributed by atoms with van der Waals surface area (Å²) in [7, 11) is -4.01. The van der Waals surface area contributed by atoms with E-state index < -0.39 is 15.9 Å². The van der Waals surface area contributed by atoms with Crippen molar-refractivity contribution in [2.75, 3.05) is 6.61 Å². The quantitative estimate of drug-likeness (QED) is 0.193. The van der Waals surface area contributed by atoms with Gasteiger partial charge in [0.05, 0.1) is 24.3 Å². The third-order valence-electron chi connectivity index (χ3n) is 5.71. The van der Waals surface area contributed by atoms with Crippen molar-refractivity contribution in [1.82, 2.24) is 14.3 Å². The summed E-state index contributed by atoms with van der Waals surface area (Å²) >= 11 is 12.9. The average molecular weight is 577 g/mol. The van der Waals surface area contributed by atoms with E-state index in [0.717, 1.165) is 30.2 Å². The number of hydrogen-bond donors (Lipinski definition) is 1. The lowest BCUT2D eigenvalue weighted by Gasteiger charge is -2.13. The van der Waals surface area contributed by atoms with Gasteiger partial charge in [-0.25, -0.2) is 18.1 Å². The first kappa shape index (κ1) is 29.5. The lowest BCUT2D eigenvalue weighted by atomic mass is 10.2. The van der Waals surface area contributed by atoms with Crippen molar-refractivity contribution >= 4 is 51.3 Å². The summed E-state index contributed by atoms with van der Waals surface area (Å²) in [6, 6.07) is 14.4. The van der Waals surface area contributed by atoms with E-state index in [2.05, 4.69) is 16.6 Å². The normalized spacial score (nSPS) is 12.2. The van der Waals surface area contributed by atoms with Gasteiger partial charge in [0.2, 0.25) is 0 Å². The van der Waals surface area contributed by atoms with Crippen LogP contribution >= 0.6 is 23.2 Å². The molecule has 3 rings (SSSR count). The first-order valence-electron chi connectivity index (χ1n) is 12.2. The molecule has 0 saturated heterocycles. The van der Waals surface area contributed by atoms with Gasteiger partial charge in [-0.05, 0) is 55.7 Å². The smallest absolute Gasteiger partial charge is 0.260 e. The molecular weight excluding hydrogens is 545 g/mol. The Morgan fingerprint density at radius 1 is 1.13 bits per heavy atom. The molecule has 0 aliphatic heterocycles. The Morgan fingerprint density at radius 2 is 1.87 bits per heavy atom. The number of sulfonamides is 1. The van der Waals surface area contributed by atoms with E-state index in [4.69, 9.17) is 27.9 Å². The Bertz CT molecular complexity index is 1430. The highest BCUT2D eigenvalue weighted by atomic mass is 35.5. The molecular formula is C28H31Cl2N3O4S. The van der Waals surface area contributed by atoms with Gasteiger partial charge in [0, 0.05) is 10.6 Å². The number of nitrogens with zero attached hydrogens (tertiary/aromatic N) is 2. The van der Waals surface area contributed by atoms with Crippen molar-refractivity contribution in [3.63, 3.8) is 0 Å². The number of ether oxygens (including phenoxy) is 1. The van der Waals surface area contributed by atoms with Crippen molar-refractivity contribution in [2.24, 2.45) is 0 Å². The van der Waals surface area contributed by atoms with Gasteiger partial charge in [0.1, 0.15) is 11.6 Å². The summed E-state index contributed by atoms with van der Waals surface area (Å²) in [4.78, 5) is 17.0. The van der Waals surface area contributed by atoms with Crippen LogP contribution in [0.2, 0.25) is 10.2 Å². The summed E-state index contributed by atoms with van der Waals surface area (Å²) in [6.45, 7) is 6.41. The van der Waals surface area contributed by atoms with Crippen molar-refractivity contribution < 1.29 is 17.9 Å². The lowest BCUT2D eigenvalue weighted by molar-refractivity contribution is -0.115. The van der Waals surface area contributed by atoms with Gasteiger partial charge < -0.3 is 9.30 Å².